The van der Waals surface area contributed by atoms with Gasteiger partial charge in [0, 0.05) is 6.04 Å². The Balaban J connectivity index is 2.29. The van der Waals surface area contributed by atoms with E-state index in [-0.39, 0.29) is 18.6 Å². The minimum atomic E-state index is -0.355. The molecule has 0 saturated heterocycles. The van der Waals surface area contributed by atoms with Crippen LogP contribution in [0.25, 0.3) is 0 Å². The summed E-state index contributed by atoms with van der Waals surface area (Å²) < 4.78 is 5.72. The van der Waals surface area contributed by atoms with Gasteiger partial charge in [-0.05, 0) is 31.2 Å². The van der Waals surface area contributed by atoms with Crippen molar-refractivity contribution >= 4 is 5.91 Å². The molecular weight excluding hydrogens is 280 g/mol. The molecule has 0 spiro atoms. The van der Waals surface area contributed by atoms with Crippen LogP contribution in [0.3, 0.4) is 0 Å². The smallest absolute Gasteiger partial charge is 0.255 e. The van der Waals surface area contributed by atoms with Gasteiger partial charge in [-0.2, -0.15) is 5.26 Å². The van der Waals surface area contributed by atoms with Gasteiger partial charge in [-0.15, -0.1) is 0 Å². The molecule has 0 aliphatic heterocycles. The zero-order valence-electron chi connectivity index (χ0n) is 12.1. The van der Waals surface area contributed by atoms with Gasteiger partial charge in [0.15, 0.2) is 0 Å². The Kier molecular flexibility index (Phi) is 5.12. The quantitative estimate of drug-likeness (QED) is 0.888. The molecule has 1 atom stereocenters. The van der Waals surface area contributed by atoms with E-state index in [1.807, 2.05) is 6.07 Å². The number of para-hydroxylation sites is 2. The molecule has 22 heavy (non-hydrogen) atoms. The standard InChI is InChI=1S/C17H16N2O3/c1-12(11-20)19-17(21)14-7-3-5-9-16(14)22-15-8-4-2-6-13(15)10-18/h2-9,12,20H,11H2,1H3,(H,19,21). The average molecular weight is 296 g/mol. The predicted octanol–water partition coefficient (Wildman–Crippen LogP) is 2.46. The first kappa shape index (κ1) is 15.5. The summed E-state index contributed by atoms with van der Waals surface area (Å²) >= 11 is 0. The number of aliphatic hydroxyl groups excluding tert-OH is 1. The van der Waals surface area contributed by atoms with Gasteiger partial charge in [0.2, 0.25) is 0 Å². The molecule has 2 rings (SSSR count). The molecule has 0 aliphatic rings. The first-order chi connectivity index (χ1) is 10.7. The number of aliphatic hydroxyl groups is 1. The van der Waals surface area contributed by atoms with Crippen LogP contribution in [0.4, 0.5) is 0 Å². The largest absolute Gasteiger partial charge is 0.455 e. The summed E-state index contributed by atoms with van der Waals surface area (Å²) in [5.41, 5.74) is 0.733. The van der Waals surface area contributed by atoms with Gasteiger partial charge in [-0.1, -0.05) is 24.3 Å². The molecule has 0 aliphatic carbocycles. The second kappa shape index (κ2) is 7.25. The monoisotopic (exact) mass is 296 g/mol. The normalized spacial score (nSPS) is 11.3. The highest BCUT2D eigenvalue weighted by atomic mass is 16.5. The maximum Gasteiger partial charge on any atom is 0.255 e. The van der Waals surface area contributed by atoms with E-state index >= 15 is 0 Å². The third kappa shape index (κ3) is 3.62. The Labute approximate surface area is 128 Å². The Morgan fingerprint density at radius 2 is 1.86 bits per heavy atom. The third-order valence-electron chi connectivity index (χ3n) is 3.01. The first-order valence-corrected chi connectivity index (χ1v) is 6.83. The van der Waals surface area contributed by atoms with Crippen LogP contribution in [-0.2, 0) is 0 Å². The van der Waals surface area contributed by atoms with Crippen LogP contribution in [-0.4, -0.2) is 23.7 Å². The Bertz CT molecular complexity index is 707. The summed E-state index contributed by atoms with van der Waals surface area (Å²) in [7, 11) is 0. The molecule has 2 aromatic carbocycles. The minimum Gasteiger partial charge on any atom is -0.455 e. The summed E-state index contributed by atoms with van der Waals surface area (Å²) in [6, 6.07) is 15.3. The molecule has 0 saturated carbocycles. The molecule has 0 aromatic heterocycles. The number of hydrogen-bond acceptors (Lipinski definition) is 4. The number of nitrogens with one attached hydrogen (secondary N) is 1. The SMILES string of the molecule is CC(CO)NC(=O)c1ccccc1Oc1ccccc1C#N. The number of nitriles is 1. The van der Waals surface area contributed by atoms with Crippen molar-refractivity contribution in [1.82, 2.24) is 5.32 Å². The number of amides is 1. The lowest BCUT2D eigenvalue weighted by atomic mass is 10.1. The lowest BCUT2D eigenvalue weighted by Gasteiger charge is -2.14. The lowest BCUT2D eigenvalue weighted by Crippen LogP contribution is -2.35. The van der Waals surface area contributed by atoms with E-state index in [1.165, 1.54) is 0 Å². The second-order valence-electron chi connectivity index (χ2n) is 4.76. The van der Waals surface area contributed by atoms with Crippen molar-refractivity contribution in [3.8, 4) is 17.6 Å². The maximum absolute atomic E-state index is 12.2. The molecule has 0 fully saturated rings. The van der Waals surface area contributed by atoms with Crippen molar-refractivity contribution in [1.29, 1.82) is 5.26 Å². The van der Waals surface area contributed by atoms with Gasteiger partial charge in [-0.25, -0.2) is 0 Å². The van der Waals surface area contributed by atoms with Crippen molar-refractivity contribution in [2.75, 3.05) is 6.61 Å². The van der Waals surface area contributed by atoms with E-state index in [2.05, 4.69) is 5.32 Å². The summed E-state index contributed by atoms with van der Waals surface area (Å²) in [5.74, 6) is 0.403. The fourth-order valence-electron chi connectivity index (χ4n) is 1.86. The minimum absolute atomic E-state index is 0.147. The molecule has 2 N–H and O–H groups in total. The van der Waals surface area contributed by atoms with Crippen molar-refractivity contribution in [3.05, 3.63) is 59.7 Å². The average Bonchev–Trinajstić information content (AvgIpc) is 2.55. The van der Waals surface area contributed by atoms with Crippen molar-refractivity contribution in [2.24, 2.45) is 0 Å². The first-order valence-electron chi connectivity index (χ1n) is 6.83. The van der Waals surface area contributed by atoms with Crippen LogP contribution in [0.1, 0.15) is 22.8 Å². The van der Waals surface area contributed by atoms with Crippen molar-refractivity contribution < 1.29 is 14.6 Å². The predicted molar refractivity (Wildman–Crippen MR) is 81.7 cm³/mol. The van der Waals surface area contributed by atoms with E-state index < -0.39 is 0 Å². The summed E-state index contributed by atoms with van der Waals surface area (Å²) in [6.07, 6.45) is 0. The highest BCUT2D eigenvalue weighted by molar-refractivity contribution is 5.97. The lowest BCUT2D eigenvalue weighted by molar-refractivity contribution is 0.0920. The fourth-order valence-corrected chi connectivity index (χ4v) is 1.86. The van der Waals surface area contributed by atoms with Crippen molar-refractivity contribution in [3.63, 3.8) is 0 Å². The molecule has 5 nitrogen and oxygen atoms in total. The number of hydrogen-bond donors (Lipinski definition) is 2. The van der Waals surface area contributed by atoms with Gasteiger partial charge >= 0.3 is 0 Å². The molecule has 0 radical (unpaired) electrons. The summed E-state index contributed by atoms with van der Waals surface area (Å²) in [5, 5.41) is 20.8. The van der Waals surface area contributed by atoms with Crippen LogP contribution in [0.2, 0.25) is 0 Å². The Morgan fingerprint density at radius 1 is 1.23 bits per heavy atom. The number of carbonyl (C=O) groups is 1. The molecule has 5 heteroatoms. The highest BCUT2D eigenvalue weighted by Gasteiger charge is 2.15. The van der Waals surface area contributed by atoms with Crippen LogP contribution < -0.4 is 10.1 Å². The summed E-state index contributed by atoms with van der Waals surface area (Å²) in [4.78, 5) is 12.2. The van der Waals surface area contributed by atoms with E-state index in [0.29, 0.717) is 22.6 Å². The topological polar surface area (TPSA) is 82.3 Å². The highest BCUT2D eigenvalue weighted by Crippen LogP contribution is 2.27. The number of ether oxygens (including phenoxy) is 1. The molecule has 1 amide bonds. The molecule has 1 unspecified atom stereocenters. The number of benzene rings is 2. The van der Waals surface area contributed by atoms with Gasteiger partial charge in [-0.3, -0.25) is 4.79 Å². The zero-order valence-corrected chi connectivity index (χ0v) is 12.1. The Hall–Kier alpha value is -2.84. The van der Waals surface area contributed by atoms with E-state index in [0.717, 1.165) is 0 Å². The van der Waals surface area contributed by atoms with E-state index in [4.69, 9.17) is 15.1 Å². The van der Waals surface area contributed by atoms with Gasteiger partial charge in [0.05, 0.1) is 17.7 Å². The Morgan fingerprint density at radius 3 is 2.55 bits per heavy atom. The van der Waals surface area contributed by atoms with Gasteiger partial charge < -0.3 is 15.2 Å². The van der Waals surface area contributed by atoms with Crippen LogP contribution in [0, 0.1) is 11.3 Å². The van der Waals surface area contributed by atoms with Crippen LogP contribution in [0.15, 0.2) is 48.5 Å². The van der Waals surface area contributed by atoms with Crippen LogP contribution in [0.5, 0.6) is 11.5 Å². The second-order valence-corrected chi connectivity index (χ2v) is 4.76. The zero-order chi connectivity index (χ0) is 15.9. The number of nitrogens with zero attached hydrogens (tertiary/aromatic N) is 1. The summed E-state index contributed by atoms with van der Waals surface area (Å²) in [6.45, 7) is 1.55. The van der Waals surface area contributed by atoms with Gasteiger partial charge in [0.1, 0.15) is 17.6 Å². The number of carbonyl (C=O) groups excluding carboxylic acids is 1. The van der Waals surface area contributed by atoms with E-state index in [1.54, 1.807) is 55.5 Å². The third-order valence-corrected chi connectivity index (χ3v) is 3.01. The van der Waals surface area contributed by atoms with Crippen LogP contribution >= 0.6 is 0 Å². The molecule has 0 heterocycles. The molecule has 2 aromatic rings. The van der Waals surface area contributed by atoms with E-state index in [9.17, 15) is 4.79 Å². The van der Waals surface area contributed by atoms with Gasteiger partial charge in [0.25, 0.3) is 5.91 Å². The number of rotatable bonds is 5. The van der Waals surface area contributed by atoms with Crippen molar-refractivity contribution in [2.45, 2.75) is 13.0 Å². The molecule has 0 bridgehead atoms. The molecular formula is C17H16N2O3. The fraction of sp³-hybridized carbons (Fsp3) is 0.176. The maximum atomic E-state index is 12.2. The molecule has 112 valence electrons.